The lowest BCUT2D eigenvalue weighted by molar-refractivity contribution is -0.142. The lowest BCUT2D eigenvalue weighted by Crippen LogP contribution is -2.26. The molecule has 5 nitrogen and oxygen atoms in total. The summed E-state index contributed by atoms with van der Waals surface area (Å²) in [4.78, 5) is 23.3. The number of nitriles is 1. The molecule has 0 unspecified atom stereocenters. The van der Waals surface area contributed by atoms with Crippen LogP contribution in [0, 0.1) is 11.3 Å². The van der Waals surface area contributed by atoms with Crippen molar-refractivity contribution in [1.29, 1.82) is 5.26 Å². The molecule has 0 bridgehead atoms. The highest BCUT2D eigenvalue weighted by atomic mass is 35.5. The highest BCUT2D eigenvalue weighted by molar-refractivity contribution is 6.34. The van der Waals surface area contributed by atoms with Gasteiger partial charge in [0, 0.05) is 13.5 Å². The van der Waals surface area contributed by atoms with Gasteiger partial charge >= 0.3 is 5.97 Å². The van der Waals surface area contributed by atoms with Crippen LogP contribution in [0.5, 0.6) is 0 Å². The van der Waals surface area contributed by atoms with Crippen LogP contribution in [0.1, 0.15) is 23.7 Å². The first-order valence-corrected chi connectivity index (χ1v) is 7.88. The van der Waals surface area contributed by atoms with Gasteiger partial charge in [-0.25, -0.2) is 0 Å². The van der Waals surface area contributed by atoms with Crippen LogP contribution in [-0.2, 0) is 29.1 Å². The average Bonchev–Trinajstić information content (AvgIpc) is 2.56. The maximum absolute atomic E-state index is 12.3. The fourth-order valence-electron chi connectivity index (χ4n) is 2.18. The lowest BCUT2D eigenvalue weighted by Gasteiger charge is -2.15. The van der Waals surface area contributed by atoms with E-state index in [4.69, 9.17) is 33.2 Å². The van der Waals surface area contributed by atoms with Gasteiger partial charge in [0.15, 0.2) is 0 Å². The average molecular weight is 365 g/mol. The smallest absolute Gasteiger partial charge is 0.303 e. The number of carbonyl (C=O) groups is 1. The fraction of sp³-hybridized carbons (Fsp3) is 0.235. The molecular formula is C17H14Cl2N2O3. The van der Waals surface area contributed by atoms with E-state index in [2.05, 4.69) is 0 Å². The Morgan fingerprint density at radius 1 is 1.25 bits per heavy atom. The van der Waals surface area contributed by atoms with Gasteiger partial charge in [0.25, 0.3) is 5.56 Å². The summed E-state index contributed by atoms with van der Waals surface area (Å²) >= 11 is 12.1. The second kappa shape index (κ2) is 8.00. The number of aromatic nitrogens is 1. The molecule has 1 heterocycles. The first kappa shape index (κ1) is 18.1. The van der Waals surface area contributed by atoms with Crippen molar-refractivity contribution < 1.29 is 9.53 Å². The number of hydrogen-bond donors (Lipinski definition) is 0. The van der Waals surface area contributed by atoms with Crippen LogP contribution in [0.3, 0.4) is 0 Å². The van der Waals surface area contributed by atoms with Gasteiger partial charge in [-0.2, -0.15) is 5.26 Å². The number of halogens is 2. The molecule has 0 aliphatic carbocycles. The van der Waals surface area contributed by atoms with Crippen molar-refractivity contribution in [3.63, 3.8) is 0 Å². The van der Waals surface area contributed by atoms with Gasteiger partial charge in [-0.15, -0.1) is 0 Å². The van der Waals surface area contributed by atoms with Gasteiger partial charge < -0.3 is 9.30 Å². The third-order valence-electron chi connectivity index (χ3n) is 3.42. The Hall–Kier alpha value is -2.29. The minimum atomic E-state index is -0.466. The van der Waals surface area contributed by atoms with E-state index in [-0.39, 0.29) is 16.7 Å². The van der Waals surface area contributed by atoms with Crippen LogP contribution >= 0.6 is 23.2 Å². The number of ether oxygens (including phenoxy) is 1. The number of carbonyl (C=O) groups excluding carboxylic acids is 1. The van der Waals surface area contributed by atoms with Crippen molar-refractivity contribution in [2.45, 2.75) is 26.5 Å². The number of nitrogens with zero attached hydrogens (tertiary/aromatic N) is 2. The summed E-state index contributed by atoms with van der Waals surface area (Å²) in [7, 11) is 0. The molecule has 0 N–H and O–H groups in total. The number of aryl methyl sites for hydroxylation is 1. The molecule has 0 atom stereocenters. The number of esters is 1. The SMILES string of the molecule is CC(=O)OCc1c(Cl)cc(Cl)c(=O)n1CCc1ccc(C#N)cc1. The van der Waals surface area contributed by atoms with Crippen LogP contribution in [0.25, 0.3) is 0 Å². The Morgan fingerprint density at radius 3 is 2.50 bits per heavy atom. The number of hydrogen-bond acceptors (Lipinski definition) is 4. The molecule has 0 fully saturated rings. The minimum absolute atomic E-state index is 0.00593. The van der Waals surface area contributed by atoms with Gasteiger partial charge in [0.1, 0.15) is 11.6 Å². The van der Waals surface area contributed by atoms with E-state index in [1.54, 1.807) is 12.1 Å². The molecule has 124 valence electrons. The predicted molar refractivity (Wildman–Crippen MR) is 91.1 cm³/mol. The van der Waals surface area contributed by atoms with E-state index in [0.29, 0.717) is 24.2 Å². The van der Waals surface area contributed by atoms with Crippen molar-refractivity contribution in [2.24, 2.45) is 0 Å². The van der Waals surface area contributed by atoms with Crippen LogP contribution in [0.4, 0.5) is 0 Å². The van der Waals surface area contributed by atoms with Crippen LogP contribution < -0.4 is 5.56 Å². The van der Waals surface area contributed by atoms with Crippen LogP contribution in [-0.4, -0.2) is 10.5 Å². The topological polar surface area (TPSA) is 72.1 Å². The van der Waals surface area contributed by atoms with Crippen LogP contribution in [0.15, 0.2) is 35.1 Å². The second-order valence-corrected chi connectivity index (χ2v) is 5.90. The number of pyridine rings is 1. The Labute approximate surface area is 149 Å². The summed E-state index contributed by atoms with van der Waals surface area (Å²) < 4.78 is 6.37. The van der Waals surface area contributed by atoms with E-state index >= 15 is 0 Å². The summed E-state index contributed by atoms with van der Waals surface area (Å²) in [6, 6.07) is 10.5. The molecule has 2 rings (SSSR count). The van der Waals surface area contributed by atoms with Crippen molar-refractivity contribution in [3.05, 3.63) is 67.6 Å². The molecule has 7 heteroatoms. The number of rotatable bonds is 5. The molecule has 0 aliphatic heterocycles. The monoisotopic (exact) mass is 364 g/mol. The summed E-state index contributed by atoms with van der Waals surface area (Å²) in [5.41, 5.74) is 1.53. The summed E-state index contributed by atoms with van der Waals surface area (Å²) in [5.74, 6) is -0.466. The maximum atomic E-state index is 12.3. The van der Waals surface area contributed by atoms with Crippen molar-refractivity contribution in [3.8, 4) is 6.07 Å². The zero-order valence-corrected chi connectivity index (χ0v) is 14.4. The largest absolute Gasteiger partial charge is 0.459 e. The quantitative estimate of drug-likeness (QED) is 0.762. The zero-order chi connectivity index (χ0) is 17.7. The lowest BCUT2D eigenvalue weighted by atomic mass is 10.1. The highest BCUT2D eigenvalue weighted by Crippen LogP contribution is 2.19. The standard InChI is InChI=1S/C17H14Cl2N2O3/c1-11(22)24-10-16-14(18)8-15(19)17(23)21(16)7-6-12-2-4-13(9-20)5-3-12/h2-5,8H,6-7,10H2,1H3. The molecular weight excluding hydrogens is 351 g/mol. The van der Waals surface area contributed by atoms with Gasteiger partial charge in [-0.3, -0.25) is 9.59 Å². The maximum Gasteiger partial charge on any atom is 0.303 e. The second-order valence-electron chi connectivity index (χ2n) is 5.08. The van der Waals surface area contributed by atoms with E-state index in [9.17, 15) is 9.59 Å². The van der Waals surface area contributed by atoms with Gasteiger partial charge in [0.05, 0.1) is 22.3 Å². The number of benzene rings is 1. The highest BCUT2D eigenvalue weighted by Gasteiger charge is 2.14. The molecule has 0 radical (unpaired) electrons. The minimum Gasteiger partial charge on any atom is -0.459 e. The Kier molecular flexibility index (Phi) is 6.02. The summed E-state index contributed by atoms with van der Waals surface area (Å²) in [6.45, 7) is 1.50. The first-order chi connectivity index (χ1) is 11.4. The Morgan fingerprint density at radius 2 is 1.92 bits per heavy atom. The van der Waals surface area contributed by atoms with E-state index in [0.717, 1.165) is 5.56 Å². The third-order valence-corrected chi connectivity index (χ3v) is 4.02. The molecule has 1 aromatic carbocycles. The normalized spacial score (nSPS) is 10.2. The van der Waals surface area contributed by atoms with Gasteiger partial charge in [0.2, 0.25) is 0 Å². The van der Waals surface area contributed by atoms with E-state index < -0.39 is 11.5 Å². The molecule has 0 spiro atoms. The molecule has 0 saturated heterocycles. The van der Waals surface area contributed by atoms with Gasteiger partial charge in [-0.1, -0.05) is 35.3 Å². The zero-order valence-electron chi connectivity index (χ0n) is 12.9. The molecule has 0 saturated carbocycles. The first-order valence-electron chi connectivity index (χ1n) is 7.12. The van der Waals surface area contributed by atoms with E-state index in [1.807, 2.05) is 18.2 Å². The van der Waals surface area contributed by atoms with Crippen molar-refractivity contribution in [2.75, 3.05) is 0 Å². The van der Waals surface area contributed by atoms with E-state index in [1.165, 1.54) is 17.6 Å². The van der Waals surface area contributed by atoms with Crippen molar-refractivity contribution in [1.82, 2.24) is 4.57 Å². The molecule has 0 amide bonds. The molecule has 0 aliphatic rings. The fourth-order valence-corrected chi connectivity index (χ4v) is 2.71. The Bertz CT molecular complexity index is 852. The Balaban J connectivity index is 2.28. The predicted octanol–water partition coefficient (Wildman–Crippen LogP) is 3.33. The van der Waals surface area contributed by atoms with Gasteiger partial charge in [-0.05, 0) is 30.2 Å². The summed E-state index contributed by atoms with van der Waals surface area (Å²) in [5, 5.41) is 9.08. The van der Waals surface area contributed by atoms with Crippen LogP contribution in [0.2, 0.25) is 10.0 Å². The molecule has 1 aromatic heterocycles. The van der Waals surface area contributed by atoms with Crippen molar-refractivity contribution >= 4 is 29.2 Å². The molecule has 24 heavy (non-hydrogen) atoms. The summed E-state index contributed by atoms with van der Waals surface area (Å²) in [6.07, 6.45) is 0.537. The molecule has 2 aromatic rings. The third kappa shape index (κ3) is 4.38.